The van der Waals surface area contributed by atoms with Crippen molar-refractivity contribution in [3.8, 4) is 0 Å². The van der Waals surface area contributed by atoms with Crippen LogP contribution in [-0.2, 0) is 6.42 Å². The predicted molar refractivity (Wildman–Crippen MR) is 77.3 cm³/mol. The van der Waals surface area contributed by atoms with Crippen LogP contribution < -0.4 is 10.6 Å². The summed E-state index contributed by atoms with van der Waals surface area (Å²) in [5.41, 5.74) is 7.37. The summed E-state index contributed by atoms with van der Waals surface area (Å²) in [6.45, 7) is 3.51. The Morgan fingerprint density at radius 2 is 2.11 bits per heavy atom. The lowest BCUT2D eigenvalue weighted by molar-refractivity contribution is 0.561. The van der Waals surface area contributed by atoms with Gasteiger partial charge in [-0.1, -0.05) is 12.8 Å². The maximum Gasteiger partial charge on any atom is 0.186 e. The minimum absolute atomic E-state index is 0.182. The topological polar surface area (TPSA) is 42.2 Å². The maximum atomic E-state index is 6.18. The highest BCUT2D eigenvalue weighted by Gasteiger charge is 2.26. The maximum absolute atomic E-state index is 6.18. The van der Waals surface area contributed by atoms with Gasteiger partial charge in [-0.2, -0.15) is 0 Å². The summed E-state index contributed by atoms with van der Waals surface area (Å²) >= 11 is 1.89. The van der Waals surface area contributed by atoms with E-state index in [1.165, 1.54) is 60.8 Å². The zero-order valence-corrected chi connectivity index (χ0v) is 12.0. The third kappa shape index (κ3) is 2.28. The minimum Gasteiger partial charge on any atom is -0.345 e. The number of aryl methyl sites for hydroxylation is 1. The van der Waals surface area contributed by atoms with Gasteiger partial charge in [0.25, 0.3) is 0 Å². The average molecular weight is 265 g/mol. The van der Waals surface area contributed by atoms with E-state index in [-0.39, 0.29) is 6.04 Å². The van der Waals surface area contributed by atoms with Crippen LogP contribution in [0, 0.1) is 0 Å². The van der Waals surface area contributed by atoms with Crippen LogP contribution in [0.3, 0.4) is 0 Å². The van der Waals surface area contributed by atoms with Gasteiger partial charge < -0.3 is 10.6 Å². The molecule has 3 rings (SSSR count). The van der Waals surface area contributed by atoms with Gasteiger partial charge in [-0.25, -0.2) is 4.98 Å². The van der Waals surface area contributed by atoms with Crippen molar-refractivity contribution in [2.45, 2.75) is 64.0 Å². The molecule has 0 aromatic carbocycles. The Kier molecular flexibility index (Phi) is 3.57. The lowest BCUT2D eigenvalue weighted by Gasteiger charge is -2.26. The fourth-order valence-corrected chi connectivity index (χ4v) is 4.42. The fraction of sp³-hybridized carbons (Fsp3) is 0.786. The van der Waals surface area contributed by atoms with Gasteiger partial charge in [0.2, 0.25) is 0 Å². The van der Waals surface area contributed by atoms with E-state index in [0.717, 1.165) is 6.42 Å². The molecule has 3 nitrogen and oxygen atoms in total. The molecule has 4 heteroatoms. The molecule has 1 aliphatic heterocycles. The standard InChI is InChI=1S/C14H23N3S/c1-10-6-3-2-4-9-17(10)14-16-13-11(15)7-5-8-12(13)18-14/h10-11H,2-9,15H2,1H3. The van der Waals surface area contributed by atoms with Crippen LogP contribution in [0.25, 0.3) is 0 Å². The first-order valence-corrected chi connectivity index (χ1v) is 8.09. The molecule has 0 spiro atoms. The number of thiazole rings is 1. The van der Waals surface area contributed by atoms with E-state index in [2.05, 4.69) is 11.8 Å². The highest BCUT2D eigenvalue weighted by molar-refractivity contribution is 7.15. The zero-order valence-electron chi connectivity index (χ0n) is 11.2. The van der Waals surface area contributed by atoms with Gasteiger partial charge in [0, 0.05) is 23.5 Å². The first-order valence-electron chi connectivity index (χ1n) is 7.27. The van der Waals surface area contributed by atoms with E-state index >= 15 is 0 Å². The smallest absolute Gasteiger partial charge is 0.186 e. The Balaban J connectivity index is 1.87. The van der Waals surface area contributed by atoms with Crippen molar-refractivity contribution < 1.29 is 0 Å². The molecule has 2 N–H and O–H groups in total. The summed E-state index contributed by atoms with van der Waals surface area (Å²) in [6, 6.07) is 0.817. The molecule has 2 aliphatic rings. The van der Waals surface area contributed by atoms with Gasteiger partial charge in [0.05, 0.1) is 5.69 Å². The van der Waals surface area contributed by atoms with Crippen LogP contribution in [-0.4, -0.2) is 17.6 Å². The molecule has 0 saturated carbocycles. The number of aromatic nitrogens is 1. The molecule has 1 aromatic heterocycles. The molecule has 0 radical (unpaired) electrons. The molecule has 0 bridgehead atoms. The lowest BCUT2D eigenvalue weighted by atomic mass is 9.99. The van der Waals surface area contributed by atoms with Crippen molar-refractivity contribution in [2.75, 3.05) is 11.4 Å². The number of rotatable bonds is 1. The molecule has 2 unspecified atom stereocenters. The number of nitrogens with zero attached hydrogens (tertiary/aromatic N) is 2. The van der Waals surface area contributed by atoms with Crippen LogP contribution in [0.2, 0.25) is 0 Å². The second-order valence-electron chi connectivity index (χ2n) is 5.70. The van der Waals surface area contributed by atoms with E-state index in [9.17, 15) is 0 Å². The first kappa shape index (κ1) is 12.4. The highest BCUT2D eigenvalue weighted by Crippen LogP contribution is 2.37. The Morgan fingerprint density at radius 3 is 2.94 bits per heavy atom. The van der Waals surface area contributed by atoms with E-state index in [0.29, 0.717) is 6.04 Å². The summed E-state index contributed by atoms with van der Waals surface area (Å²) in [4.78, 5) is 8.83. The normalized spacial score (nSPS) is 28.9. The predicted octanol–water partition coefficient (Wildman–Crippen LogP) is 3.25. The molecule has 0 amide bonds. The second kappa shape index (κ2) is 5.17. The average Bonchev–Trinajstić information content (AvgIpc) is 2.67. The van der Waals surface area contributed by atoms with Gasteiger partial charge in [-0.05, 0) is 39.0 Å². The Labute approximate surface area is 113 Å². The third-order valence-electron chi connectivity index (χ3n) is 4.29. The minimum atomic E-state index is 0.182. The van der Waals surface area contributed by atoms with E-state index in [4.69, 9.17) is 10.7 Å². The largest absolute Gasteiger partial charge is 0.345 e. The van der Waals surface area contributed by atoms with Crippen LogP contribution in [0.5, 0.6) is 0 Å². The molecular formula is C14H23N3S. The summed E-state index contributed by atoms with van der Waals surface area (Å²) in [6.07, 6.45) is 8.85. The molecule has 1 aliphatic carbocycles. The fourth-order valence-electron chi connectivity index (χ4n) is 3.12. The van der Waals surface area contributed by atoms with Crippen LogP contribution in [0.1, 0.15) is 62.1 Å². The molecular weight excluding hydrogens is 242 g/mol. The summed E-state index contributed by atoms with van der Waals surface area (Å²) in [7, 11) is 0. The van der Waals surface area contributed by atoms with Crippen molar-refractivity contribution >= 4 is 16.5 Å². The van der Waals surface area contributed by atoms with Crippen molar-refractivity contribution in [3.63, 3.8) is 0 Å². The molecule has 1 fully saturated rings. The summed E-state index contributed by atoms with van der Waals surface area (Å²) in [5, 5.41) is 1.23. The molecule has 1 aromatic rings. The quantitative estimate of drug-likeness (QED) is 0.847. The van der Waals surface area contributed by atoms with E-state index < -0.39 is 0 Å². The summed E-state index contributed by atoms with van der Waals surface area (Å²) in [5.74, 6) is 0. The van der Waals surface area contributed by atoms with Crippen LogP contribution in [0.4, 0.5) is 5.13 Å². The van der Waals surface area contributed by atoms with Gasteiger partial charge >= 0.3 is 0 Å². The number of hydrogen-bond acceptors (Lipinski definition) is 4. The number of fused-ring (bicyclic) bond motifs is 1. The van der Waals surface area contributed by atoms with Crippen LogP contribution in [0.15, 0.2) is 0 Å². The third-order valence-corrected chi connectivity index (χ3v) is 5.45. The van der Waals surface area contributed by atoms with Crippen molar-refractivity contribution in [3.05, 3.63) is 10.6 Å². The van der Waals surface area contributed by atoms with Gasteiger partial charge in [-0.15, -0.1) is 11.3 Å². The number of nitrogens with two attached hydrogens (primary N) is 1. The Bertz CT molecular complexity index is 415. The van der Waals surface area contributed by atoms with Crippen LogP contribution >= 0.6 is 11.3 Å². The Hall–Kier alpha value is -0.610. The summed E-state index contributed by atoms with van der Waals surface area (Å²) < 4.78 is 0. The number of hydrogen-bond donors (Lipinski definition) is 1. The molecule has 2 atom stereocenters. The number of anilines is 1. The van der Waals surface area contributed by atoms with Crippen molar-refractivity contribution in [2.24, 2.45) is 5.73 Å². The van der Waals surface area contributed by atoms with Gasteiger partial charge in [0.15, 0.2) is 5.13 Å². The SMILES string of the molecule is CC1CCCCCN1c1nc2c(s1)CCCC2N. The molecule has 1 saturated heterocycles. The van der Waals surface area contributed by atoms with Crippen molar-refractivity contribution in [1.82, 2.24) is 4.98 Å². The second-order valence-corrected chi connectivity index (χ2v) is 6.76. The molecule has 2 heterocycles. The van der Waals surface area contributed by atoms with Crippen molar-refractivity contribution in [1.29, 1.82) is 0 Å². The lowest BCUT2D eigenvalue weighted by Crippen LogP contribution is -2.32. The highest BCUT2D eigenvalue weighted by atomic mass is 32.1. The molecule has 100 valence electrons. The van der Waals surface area contributed by atoms with Gasteiger partial charge in [0.1, 0.15) is 0 Å². The monoisotopic (exact) mass is 265 g/mol. The molecule has 18 heavy (non-hydrogen) atoms. The van der Waals surface area contributed by atoms with E-state index in [1.807, 2.05) is 11.3 Å². The van der Waals surface area contributed by atoms with Gasteiger partial charge in [-0.3, -0.25) is 0 Å². The Morgan fingerprint density at radius 1 is 1.22 bits per heavy atom. The zero-order chi connectivity index (χ0) is 12.5. The van der Waals surface area contributed by atoms with E-state index in [1.54, 1.807) is 0 Å². The first-order chi connectivity index (χ1) is 8.75.